The number of nitrogens with zero attached hydrogens (tertiary/aromatic N) is 2. The molecule has 0 spiro atoms. The molecular formula is C16H14FN3O2. The van der Waals surface area contributed by atoms with Crippen molar-refractivity contribution in [3.05, 3.63) is 65.7 Å². The standard InChI is InChI=1S/C15H12FN3.CH2O2/c16-11-6-7-13-12(9-11)15(17)19-14(18-13)8-10-4-2-1-3-5-10;2-1-3/h1-7,9H,8H2,(H2,17,18,19);1H,(H,2,3). The zero-order chi connectivity index (χ0) is 15.9. The van der Waals surface area contributed by atoms with Gasteiger partial charge in [-0.15, -0.1) is 0 Å². The molecule has 0 saturated heterocycles. The van der Waals surface area contributed by atoms with E-state index >= 15 is 0 Å². The van der Waals surface area contributed by atoms with Crippen molar-refractivity contribution in [1.82, 2.24) is 9.97 Å². The first-order chi connectivity index (χ1) is 10.6. The van der Waals surface area contributed by atoms with Gasteiger partial charge in [-0.2, -0.15) is 0 Å². The Labute approximate surface area is 126 Å². The Morgan fingerprint density at radius 1 is 1.14 bits per heavy atom. The molecule has 1 aromatic heterocycles. The van der Waals surface area contributed by atoms with Crippen molar-refractivity contribution in [2.24, 2.45) is 0 Å². The number of hydrogen-bond donors (Lipinski definition) is 2. The number of fused-ring (bicyclic) bond motifs is 1. The molecule has 0 radical (unpaired) electrons. The van der Waals surface area contributed by atoms with Crippen LogP contribution in [0.2, 0.25) is 0 Å². The third kappa shape index (κ3) is 3.76. The number of nitrogen functional groups attached to an aromatic ring is 1. The number of aromatic nitrogens is 2. The maximum Gasteiger partial charge on any atom is 0.290 e. The lowest BCUT2D eigenvalue weighted by atomic mass is 10.1. The van der Waals surface area contributed by atoms with Gasteiger partial charge in [0.1, 0.15) is 17.5 Å². The summed E-state index contributed by atoms with van der Waals surface area (Å²) in [7, 11) is 0. The van der Waals surface area contributed by atoms with Gasteiger partial charge < -0.3 is 10.8 Å². The topological polar surface area (TPSA) is 89.1 Å². The first kappa shape index (κ1) is 15.4. The summed E-state index contributed by atoms with van der Waals surface area (Å²) >= 11 is 0. The molecule has 0 bridgehead atoms. The Hall–Kier alpha value is -3.02. The molecular weight excluding hydrogens is 285 g/mol. The molecule has 0 amide bonds. The monoisotopic (exact) mass is 299 g/mol. The third-order valence-corrected chi connectivity index (χ3v) is 2.94. The van der Waals surface area contributed by atoms with E-state index in [4.69, 9.17) is 15.6 Å². The number of benzene rings is 2. The van der Waals surface area contributed by atoms with Crippen LogP contribution in [0.5, 0.6) is 0 Å². The van der Waals surface area contributed by atoms with Crippen LogP contribution in [0.15, 0.2) is 48.5 Å². The first-order valence-corrected chi connectivity index (χ1v) is 6.47. The number of hydrogen-bond acceptors (Lipinski definition) is 4. The van der Waals surface area contributed by atoms with Crippen molar-refractivity contribution in [2.45, 2.75) is 6.42 Å². The largest absolute Gasteiger partial charge is 0.483 e. The van der Waals surface area contributed by atoms with Gasteiger partial charge in [-0.25, -0.2) is 14.4 Å². The number of carboxylic acid groups (broad SMARTS) is 1. The average molecular weight is 299 g/mol. The van der Waals surface area contributed by atoms with Crippen LogP contribution in [0.4, 0.5) is 10.2 Å². The van der Waals surface area contributed by atoms with Crippen molar-refractivity contribution >= 4 is 23.2 Å². The second-order valence-corrected chi connectivity index (χ2v) is 4.45. The Morgan fingerprint density at radius 2 is 1.82 bits per heavy atom. The molecule has 2 aromatic carbocycles. The minimum Gasteiger partial charge on any atom is -0.483 e. The van der Waals surface area contributed by atoms with Crippen LogP contribution in [0.25, 0.3) is 10.9 Å². The molecule has 0 aliphatic carbocycles. The maximum absolute atomic E-state index is 13.2. The van der Waals surface area contributed by atoms with Crippen molar-refractivity contribution in [1.29, 1.82) is 0 Å². The minimum absolute atomic E-state index is 0.250. The van der Waals surface area contributed by atoms with E-state index in [1.54, 1.807) is 6.07 Å². The lowest BCUT2D eigenvalue weighted by molar-refractivity contribution is -0.122. The zero-order valence-electron chi connectivity index (χ0n) is 11.6. The van der Waals surface area contributed by atoms with Crippen LogP contribution < -0.4 is 5.73 Å². The molecule has 22 heavy (non-hydrogen) atoms. The molecule has 0 atom stereocenters. The van der Waals surface area contributed by atoms with E-state index in [0.717, 1.165) is 5.56 Å². The predicted molar refractivity (Wildman–Crippen MR) is 81.8 cm³/mol. The van der Waals surface area contributed by atoms with Crippen LogP contribution in [0, 0.1) is 5.82 Å². The van der Waals surface area contributed by atoms with E-state index < -0.39 is 0 Å². The van der Waals surface area contributed by atoms with Crippen LogP contribution in [-0.4, -0.2) is 21.5 Å². The summed E-state index contributed by atoms with van der Waals surface area (Å²) in [6.45, 7) is -0.250. The Kier molecular flexibility index (Phi) is 4.98. The average Bonchev–Trinajstić information content (AvgIpc) is 2.50. The van der Waals surface area contributed by atoms with Gasteiger partial charge in [0.15, 0.2) is 0 Å². The number of halogens is 1. The smallest absolute Gasteiger partial charge is 0.290 e. The third-order valence-electron chi connectivity index (χ3n) is 2.94. The Bertz CT molecular complexity index is 779. The summed E-state index contributed by atoms with van der Waals surface area (Å²) in [6, 6.07) is 14.3. The SMILES string of the molecule is Nc1nc(Cc2ccccc2)nc2ccc(F)cc12.O=CO. The first-order valence-electron chi connectivity index (χ1n) is 6.47. The van der Waals surface area contributed by atoms with Crippen LogP contribution in [0.1, 0.15) is 11.4 Å². The molecule has 6 heteroatoms. The van der Waals surface area contributed by atoms with Crippen LogP contribution in [0.3, 0.4) is 0 Å². The molecule has 3 aromatic rings. The Morgan fingerprint density at radius 3 is 2.50 bits per heavy atom. The Balaban J connectivity index is 0.000000545. The lowest BCUT2D eigenvalue weighted by Crippen LogP contribution is -2.02. The van der Waals surface area contributed by atoms with Crippen molar-refractivity contribution in [3.63, 3.8) is 0 Å². The highest BCUT2D eigenvalue weighted by Crippen LogP contribution is 2.19. The summed E-state index contributed by atoms with van der Waals surface area (Å²) in [5.41, 5.74) is 7.64. The molecule has 1 heterocycles. The molecule has 0 saturated carbocycles. The second kappa shape index (κ2) is 7.12. The van der Waals surface area contributed by atoms with Crippen molar-refractivity contribution < 1.29 is 14.3 Å². The van der Waals surface area contributed by atoms with Crippen LogP contribution in [-0.2, 0) is 11.2 Å². The van der Waals surface area contributed by atoms with Gasteiger partial charge >= 0.3 is 0 Å². The number of nitrogens with two attached hydrogens (primary N) is 1. The molecule has 3 N–H and O–H groups in total. The molecule has 5 nitrogen and oxygen atoms in total. The highest BCUT2D eigenvalue weighted by atomic mass is 19.1. The van der Waals surface area contributed by atoms with Gasteiger partial charge in [-0.05, 0) is 23.8 Å². The fourth-order valence-electron chi connectivity index (χ4n) is 2.03. The fraction of sp³-hybridized carbons (Fsp3) is 0.0625. The number of rotatable bonds is 2. The van der Waals surface area contributed by atoms with E-state index in [0.29, 0.717) is 29.0 Å². The predicted octanol–water partition coefficient (Wildman–Crippen LogP) is 2.64. The lowest BCUT2D eigenvalue weighted by Gasteiger charge is -2.05. The van der Waals surface area contributed by atoms with Gasteiger partial charge in [0.2, 0.25) is 0 Å². The number of anilines is 1. The summed E-state index contributed by atoms with van der Waals surface area (Å²) in [5.74, 6) is 0.622. The van der Waals surface area contributed by atoms with Crippen molar-refractivity contribution in [2.75, 3.05) is 5.73 Å². The molecule has 112 valence electrons. The molecule has 0 aliphatic heterocycles. The number of carbonyl (C=O) groups is 1. The van der Waals surface area contributed by atoms with Crippen molar-refractivity contribution in [3.8, 4) is 0 Å². The van der Waals surface area contributed by atoms with E-state index in [1.165, 1.54) is 12.1 Å². The summed E-state index contributed by atoms with van der Waals surface area (Å²) in [6.07, 6.45) is 0.609. The molecule has 0 unspecified atom stereocenters. The van der Waals surface area contributed by atoms with Gasteiger partial charge in [0.25, 0.3) is 6.47 Å². The van der Waals surface area contributed by atoms with Crippen LogP contribution >= 0.6 is 0 Å². The normalized spacial score (nSPS) is 9.86. The summed E-state index contributed by atoms with van der Waals surface area (Å²) in [5, 5.41) is 7.44. The summed E-state index contributed by atoms with van der Waals surface area (Å²) in [4.78, 5) is 17.0. The van der Waals surface area contributed by atoms with E-state index in [2.05, 4.69) is 9.97 Å². The maximum atomic E-state index is 13.2. The molecule has 0 fully saturated rings. The van der Waals surface area contributed by atoms with Gasteiger partial charge in [-0.3, -0.25) is 4.79 Å². The summed E-state index contributed by atoms with van der Waals surface area (Å²) < 4.78 is 13.2. The molecule has 0 aliphatic rings. The van der Waals surface area contributed by atoms with E-state index in [1.807, 2.05) is 30.3 Å². The zero-order valence-corrected chi connectivity index (χ0v) is 11.6. The highest BCUT2D eigenvalue weighted by Gasteiger charge is 2.07. The minimum atomic E-state index is -0.335. The highest BCUT2D eigenvalue weighted by molar-refractivity contribution is 5.87. The second-order valence-electron chi connectivity index (χ2n) is 4.45. The molecule has 3 rings (SSSR count). The quantitative estimate of drug-likeness (QED) is 0.710. The van der Waals surface area contributed by atoms with E-state index in [9.17, 15) is 4.39 Å². The van der Waals surface area contributed by atoms with E-state index in [-0.39, 0.29) is 12.3 Å². The van der Waals surface area contributed by atoms with Gasteiger partial charge in [0.05, 0.1) is 5.52 Å². The fourth-order valence-corrected chi connectivity index (χ4v) is 2.03. The van der Waals surface area contributed by atoms with Gasteiger partial charge in [0, 0.05) is 11.8 Å². The van der Waals surface area contributed by atoms with Gasteiger partial charge in [-0.1, -0.05) is 30.3 Å².